The number of H-pyrrole nitrogens is 2. The number of rotatable bonds is 5. The Hall–Kier alpha value is -2.64. The van der Waals surface area contributed by atoms with Crippen LogP contribution in [0, 0.1) is 0 Å². The average Bonchev–Trinajstić information content (AvgIpc) is 3.47. The van der Waals surface area contributed by atoms with Crippen molar-refractivity contribution in [2.75, 3.05) is 26.2 Å². The van der Waals surface area contributed by atoms with Gasteiger partial charge in [0.25, 0.3) is 0 Å². The number of piperazine rings is 1. The maximum Gasteiger partial charge on any atom is 0.314 e. The molecule has 1 fully saturated rings. The van der Waals surface area contributed by atoms with E-state index in [1.54, 1.807) is 22.7 Å². The quantitative estimate of drug-likeness (QED) is 0.413. The molecule has 1 aliphatic heterocycles. The van der Waals surface area contributed by atoms with E-state index in [-0.39, 0.29) is 10.4 Å². The monoisotopic (exact) mass is 489 g/mol. The van der Waals surface area contributed by atoms with Gasteiger partial charge >= 0.3 is 11.1 Å². The summed E-state index contributed by atoms with van der Waals surface area (Å²) < 4.78 is 27.7. The molecule has 1 aromatic carbocycles. The zero-order valence-electron chi connectivity index (χ0n) is 16.8. The van der Waals surface area contributed by atoms with Crippen LogP contribution in [-0.4, -0.2) is 58.8 Å². The number of aromatic nitrogens is 3. The van der Waals surface area contributed by atoms with Crippen LogP contribution < -0.4 is 11.1 Å². The first-order chi connectivity index (χ1) is 15.4. The molecule has 1 aliphatic rings. The molecule has 4 aromatic rings. The molecule has 0 saturated carbocycles. The predicted molar refractivity (Wildman–Crippen MR) is 125 cm³/mol. The molecule has 0 bridgehead atoms. The fraction of sp³-hybridized carbons (Fsp3) is 0.250. The Labute approximate surface area is 191 Å². The van der Waals surface area contributed by atoms with Crippen LogP contribution in [0.4, 0.5) is 0 Å². The van der Waals surface area contributed by atoms with Crippen molar-refractivity contribution in [1.82, 2.24) is 24.2 Å². The fourth-order valence-corrected chi connectivity index (χ4v) is 6.63. The number of aromatic amines is 2. The van der Waals surface area contributed by atoms with Crippen molar-refractivity contribution in [1.29, 1.82) is 0 Å². The normalized spacial score (nSPS) is 16.0. The summed E-state index contributed by atoms with van der Waals surface area (Å²) in [5.74, 6) is 0. The molecule has 0 amide bonds. The second kappa shape index (κ2) is 8.37. The number of nitrogens with zero attached hydrogens (tertiary/aromatic N) is 3. The Bertz CT molecular complexity index is 1480. The van der Waals surface area contributed by atoms with Gasteiger partial charge in [0.15, 0.2) is 0 Å². The summed E-state index contributed by atoms with van der Waals surface area (Å²) >= 11 is 3.26. The third-order valence-electron chi connectivity index (χ3n) is 5.37. The molecule has 2 N–H and O–H groups in total. The first-order valence-electron chi connectivity index (χ1n) is 9.86. The van der Waals surface area contributed by atoms with E-state index >= 15 is 0 Å². The van der Waals surface area contributed by atoms with Gasteiger partial charge in [-0.25, -0.2) is 13.4 Å². The molecular formula is C20H19N5O4S3. The second-order valence-electron chi connectivity index (χ2n) is 7.45. The lowest BCUT2D eigenvalue weighted by molar-refractivity contribution is 0.180. The summed E-state index contributed by atoms with van der Waals surface area (Å²) in [6.07, 6.45) is 0. The Morgan fingerprint density at radius 1 is 0.969 bits per heavy atom. The van der Waals surface area contributed by atoms with E-state index in [0.29, 0.717) is 38.2 Å². The molecule has 9 nitrogen and oxygen atoms in total. The zero-order valence-corrected chi connectivity index (χ0v) is 19.2. The van der Waals surface area contributed by atoms with Crippen LogP contribution in [0.5, 0.6) is 0 Å². The zero-order chi connectivity index (χ0) is 22.3. The molecule has 0 atom stereocenters. The lowest BCUT2D eigenvalue weighted by Crippen LogP contribution is -2.48. The number of thiazole rings is 1. The van der Waals surface area contributed by atoms with Gasteiger partial charge in [-0.2, -0.15) is 15.6 Å². The van der Waals surface area contributed by atoms with E-state index in [1.165, 1.54) is 22.5 Å². The first-order valence-corrected chi connectivity index (χ1v) is 13.1. The molecule has 0 radical (unpaired) electrons. The largest absolute Gasteiger partial charge is 0.316 e. The van der Waals surface area contributed by atoms with Crippen molar-refractivity contribution in [3.8, 4) is 10.6 Å². The highest BCUT2D eigenvalue weighted by molar-refractivity contribution is 7.89. The van der Waals surface area contributed by atoms with Gasteiger partial charge in [0.05, 0.1) is 21.6 Å². The smallest absolute Gasteiger partial charge is 0.314 e. The summed E-state index contributed by atoms with van der Waals surface area (Å²) in [4.78, 5) is 34.9. The van der Waals surface area contributed by atoms with E-state index in [4.69, 9.17) is 4.98 Å². The average molecular weight is 490 g/mol. The van der Waals surface area contributed by atoms with Gasteiger partial charge in [-0.3, -0.25) is 14.5 Å². The van der Waals surface area contributed by atoms with Crippen LogP contribution in [0.1, 0.15) is 5.69 Å². The van der Waals surface area contributed by atoms with Gasteiger partial charge in [0.1, 0.15) is 5.01 Å². The summed E-state index contributed by atoms with van der Waals surface area (Å²) in [7, 11) is -3.72. The molecule has 0 unspecified atom stereocenters. The molecule has 3 aromatic heterocycles. The maximum absolute atomic E-state index is 13.1. The Balaban J connectivity index is 1.27. The Morgan fingerprint density at radius 2 is 1.72 bits per heavy atom. The van der Waals surface area contributed by atoms with Crippen molar-refractivity contribution in [3.05, 3.63) is 66.8 Å². The summed E-state index contributed by atoms with van der Waals surface area (Å²) in [5.41, 5.74) is 1.18. The van der Waals surface area contributed by atoms with Crippen molar-refractivity contribution in [2.45, 2.75) is 11.4 Å². The minimum absolute atomic E-state index is 0.0843. The minimum Gasteiger partial charge on any atom is -0.316 e. The molecule has 166 valence electrons. The third kappa shape index (κ3) is 4.07. The van der Waals surface area contributed by atoms with Crippen LogP contribution in [0.3, 0.4) is 0 Å². The standard InChI is InChI=1S/C20H19N5O4S3/c26-18-19(27)23-17-9-15(1-2-16(17)22-18)32(28,29)25-6-4-24(5-7-25)10-14-12-31-20(21-14)13-3-8-30-11-13/h1-3,8-9,11-12H,4-7,10H2,(H,22,26)(H,23,27). The number of nitrogens with one attached hydrogen (secondary N) is 2. The van der Waals surface area contributed by atoms with Gasteiger partial charge in [-0.05, 0) is 29.6 Å². The lowest BCUT2D eigenvalue weighted by atomic mass is 10.3. The van der Waals surface area contributed by atoms with E-state index < -0.39 is 21.1 Å². The maximum atomic E-state index is 13.1. The van der Waals surface area contributed by atoms with Gasteiger partial charge < -0.3 is 9.97 Å². The van der Waals surface area contributed by atoms with E-state index in [1.807, 2.05) is 5.38 Å². The molecule has 5 rings (SSSR count). The van der Waals surface area contributed by atoms with Crippen molar-refractivity contribution >= 4 is 43.7 Å². The minimum atomic E-state index is -3.72. The Morgan fingerprint density at radius 3 is 2.44 bits per heavy atom. The molecule has 32 heavy (non-hydrogen) atoms. The second-order valence-corrected chi connectivity index (χ2v) is 11.0. The van der Waals surface area contributed by atoms with E-state index in [2.05, 4.69) is 31.7 Å². The van der Waals surface area contributed by atoms with Crippen LogP contribution >= 0.6 is 22.7 Å². The number of benzene rings is 1. The number of hydrogen-bond donors (Lipinski definition) is 2. The van der Waals surface area contributed by atoms with Crippen molar-refractivity contribution in [3.63, 3.8) is 0 Å². The number of thiophene rings is 1. The van der Waals surface area contributed by atoms with Crippen molar-refractivity contribution in [2.24, 2.45) is 0 Å². The highest BCUT2D eigenvalue weighted by Gasteiger charge is 2.29. The van der Waals surface area contributed by atoms with Crippen LogP contribution in [0.15, 0.2) is 54.9 Å². The van der Waals surface area contributed by atoms with E-state index in [9.17, 15) is 18.0 Å². The highest BCUT2D eigenvalue weighted by atomic mass is 32.2. The van der Waals surface area contributed by atoms with Crippen LogP contribution in [0.2, 0.25) is 0 Å². The summed E-state index contributed by atoms with van der Waals surface area (Å²) in [5, 5.41) is 7.16. The Kier molecular flexibility index (Phi) is 5.55. The molecule has 12 heteroatoms. The van der Waals surface area contributed by atoms with E-state index in [0.717, 1.165) is 16.3 Å². The molecule has 0 spiro atoms. The van der Waals surface area contributed by atoms with Gasteiger partial charge in [-0.15, -0.1) is 11.3 Å². The van der Waals surface area contributed by atoms with Gasteiger partial charge in [0.2, 0.25) is 10.0 Å². The predicted octanol–water partition coefficient (Wildman–Crippen LogP) is 1.91. The molecule has 0 aliphatic carbocycles. The molecule has 4 heterocycles. The van der Waals surface area contributed by atoms with Gasteiger partial charge in [0, 0.05) is 49.0 Å². The molecular weight excluding hydrogens is 470 g/mol. The third-order valence-corrected chi connectivity index (χ3v) is 8.89. The highest BCUT2D eigenvalue weighted by Crippen LogP contribution is 2.26. The lowest BCUT2D eigenvalue weighted by Gasteiger charge is -2.33. The van der Waals surface area contributed by atoms with Crippen molar-refractivity contribution < 1.29 is 8.42 Å². The topological polar surface area (TPSA) is 119 Å². The summed E-state index contributed by atoms with van der Waals surface area (Å²) in [6.45, 7) is 2.61. The summed E-state index contributed by atoms with van der Waals surface area (Å²) in [6, 6.07) is 6.37. The number of hydrogen-bond acceptors (Lipinski definition) is 8. The SMILES string of the molecule is O=c1[nH]c2ccc(S(=O)(=O)N3CCN(Cc4csc(-c5ccsc5)n4)CC3)cc2[nH]c1=O. The number of sulfonamides is 1. The van der Waals surface area contributed by atoms with Gasteiger partial charge in [-0.1, -0.05) is 0 Å². The fourth-order valence-electron chi connectivity index (χ4n) is 3.66. The first kappa shape index (κ1) is 21.2. The van der Waals surface area contributed by atoms with Crippen LogP contribution in [-0.2, 0) is 16.6 Å². The van der Waals surface area contributed by atoms with Crippen LogP contribution in [0.25, 0.3) is 21.6 Å². The molecule has 1 saturated heterocycles. The number of fused-ring (bicyclic) bond motifs is 1.